The average molecular weight is 364 g/mol. The normalized spacial score (nSPS) is 13.2. The molecule has 0 aliphatic heterocycles. The average Bonchev–Trinajstić information content (AvgIpc) is 3.09. The molecule has 0 radical (unpaired) electrons. The van der Waals surface area contributed by atoms with Crippen molar-refractivity contribution in [1.29, 1.82) is 0 Å². The summed E-state index contributed by atoms with van der Waals surface area (Å²) in [6, 6.07) is 11.4. The van der Waals surface area contributed by atoms with Gasteiger partial charge in [-0.05, 0) is 38.2 Å². The van der Waals surface area contributed by atoms with Crippen LogP contribution in [0.15, 0.2) is 45.7 Å². The van der Waals surface area contributed by atoms with Crippen LogP contribution >= 0.6 is 0 Å². The van der Waals surface area contributed by atoms with Gasteiger partial charge in [0.15, 0.2) is 5.82 Å². The summed E-state index contributed by atoms with van der Waals surface area (Å²) in [5.74, 6) is 0.556. The van der Waals surface area contributed by atoms with Crippen LogP contribution in [0, 0.1) is 6.92 Å². The number of rotatable bonds is 4. The molecule has 0 spiro atoms. The Labute approximate surface area is 156 Å². The van der Waals surface area contributed by atoms with Crippen molar-refractivity contribution < 1.29 is 9.32 Å². The number of carbonyl (C=O) groups is 1. The van der Waals surface area contributed by atoms with Crippen LogP contribution in [0.2, 0.25) is 0 Å². The molecule has 2 heterocycles. The third kappa shape index (κ3) is 3.53. The van der Waals surface area contributed by atoms with Crippen LogP contribution in [0.1, 0.15) is 29.7 Å². The Bertz CT molecular complexity index is 1040. The second kappa shape index (κ2) is 7.19. The lowest BCUT2D eigenvalue weighted by Gasteiger charge is -2.20. The third-order valence-electron chi connectivity index (χ3n) is 4.70. The van der Waals surface area contributed by atoms with Gasteiger partial charge in [-0.2, -0.15) is 5.10 Å². The summed E-state index contributed by atoms with van der Waals surface area (Å²) in [5, 5.41) is 10.9. The zero-order chi connectivity index (χ0) is 18.8. The topological polar surface area (TPSA) is 90.0 Å². The molecule has 0 saturated heterocycles. The van der Waals surface area contributed by atoms with Crippen LogP contribution in [0.5, 0.6) is 0 Å². The second-order valence-corrected chi connectivity index (χ2v) is 6.71. The first-order valence-electron chi connectivity index (χ1n) is 9.03. The maximum Gasteiger partial charge on any atom is 0.270 e. The molecule has 0 atom stereocenters. The molecule has 2 aromatic heterocycles. The molecule has 0 unspecified atom stereocenters. The summed E-state index contributed by atoms with van der Waals surface area (Å²) in [5.41, 5.74) is 3.35. The Balaban J connectivity index is 1.70. The van der Waals surface area contributed by atoms with Crippen molar-refractivity contribution >= 4 is 11.7 Å². The Kier molecular flexibility index (Phi) is 4.58. The summed E-state index contributed by atoms with van der Waals surface area (Å²) in [4.78, 5) is 25.2. The monoisotopic (exact) mass is 364 g/mol. The highest BCUT2D eigenvalue weighted by Gasteiger charge is 2.22. The first-order chi connectivity index (χ1) is 13.1. The molecule has 0 fully saturated rings. The Morgan fingerprint density at radius 2 is 1.93 bits per heavy atom. The van der Waals surface area contributed by atoms with Gasteiger partial charge < -0.3 is 9.84 Å². The molecule has 3 aromatic rings. The van der Waals surface area contributed by atoms with Gasteiger partial charge >= 0.3 is 0 Å². The molecule has 4 rings (SSSR count). The Morgan fingerprint density at radius 3 is 2.63 bits per heavy atom. The molecule has 1 aromatic carbocycles. The highest BCUT2D eigenvalue weighted by atomic mass is 16.5. The summed E-state index contributed by atoms with van der Waals surface area (Å²) >= 11 is 0. The van der Waals surface area contributed by atoms with Crippen LogP contribution in [0.4, 0.5) is 5.82 Å². The van der Waals surface area contributed by atoms with E-state index in [1.54, 1.807) is 13.0 Å². The summed E-state index contributed by atoms with van der Waals surface area (Å²) in [6.45, 7) is 1.57. The number of nitrogens with zero attached hydrogens (tertiary/aromatic N) is 3. The number of aromatic nitrogens is 3. The number of anilines is 1. The summed E-state index contributed by atoms with van der Waals surface area (Å²) in [7, 11) is 0. The van der Waals surface area contributed by atoms with Crippen LogP contribution in [0.3, 0.4) is 0 Å². The van der Waals surface area contributed by atoms with Crippen LogP contribution in [-0.4, -0.2) is 20.8 Å². The van der Waals surface area contributed by atoms with Crippen molar-refractivity contribution in [2.24, 2.45) is 0 Å². The van der Waals surface area contributed by atoms with E-state index in [0.717, 1.165) is 48.1 Å². The molecule has 0 bridgehead atoms. The van der Waals surface area contributed by atoms with E-state index in [0.29, 0.717) is 11.6 Å². The lowest BCUT2D eigenvalue weighted by Crippen LogP contribution is -2.34. The summed E-state index contributed by atoms with van der Waals surface area (Å²) < 4.78 is 6.20. The highest BCUT2D eigenvalue weighted by Crippen LogP contribution is 2.27. The number of amides is 1. The molecule has 1 aliphatic rings. The van der Waals surface area contributed by atoms with Crippen molar-refractivity contribution in [2.75, 3.05) is 5.32 Å². The number of benzene rings is 1. The minimum Gasteiger partial charge on any atom is -0.360 e. The number of nitrogens with one attached hydrogen (secondary N) is 1. The van der Waals surface area contributed by atoms with E-state index in [-0.39, 0.29) is 18.0 Å². The molecular formula is C20H20N4O3. The number of fused-ring (bicyclic) bond motifs is 1. The smallest absolute Gasteiger partial charge is 0.270 e. The molecule has 1 aliphatic carbocycles. The van der Waals surface area contributed by atoms with Crippen molar-refractivity contribution in [3.05, 3.63) is 63.6 Å². The molecular weight excluding hydrogens is 344 g/mol. The van der Waals surface area contributed by atoms with Gasteiger partial charge in [0, 0.05) is 17.2 Å². The lowest BCUT2D eigenvalue weighted by atomic mass is 9.90. The van der Waals surface area contributed by atoms with Crippen molar-refractivity contribution in [3.63, 3.8) is 0 Å². The van der Waals surface area contributed by atoms with Crippen LogP contribution in [-0.2, 0) is 24.2 Å². The van der Waals surface area contributed by atoms with Crippen molar-refractivity contribution in [1.82, 2.24) is 14.9 Å². The molecule has 27 heavy (non-hydrogen) atoms. The fourth-order valence-corrected chi connectivity index (χ4v) is 3.46. The van der Waals surface area contributed by atoms with Crippen LogP contribution in [0.25, 0.3) is 11.3 Å². The molecule has 7 nitrogen and oxygen atoms in total. The molecule has 0 saturated carbocycles. The van der Waals surface area contributed by atoms with E-state index in [4.69, 9.17) is 4.52 Å². The van der Waals surface area contributed by atoms with Gasteiger partial charge in [0.1, 0.15) is 12.3 Å². The van der Waals surface area contributed by atoms with E-state index in [9.17, 15) is 9.59 Å². The predicted molar refractivity (Wildman–Crippen MR) is 100 cm³/mol. The van der Waals surface area contributed by atoms with Gasteiger partial charge in [-0.15, -0.1) is 0 Å². The SMILES string of the molecule is Cc1cc(NC(=O)Cn2nc(-c3ccccc3)c3c(c2=O)CCCC3)no1. The number of hydrogen-bond acceptors (Lipinski definition) is 5. The zero-order valence-electron chi connectivity index (χ0n) is 15.1. The number of hydrogen-bond donors (Lipinski definition) is 1. The van der Waals surface area contributed by atoms with Gasteiger partial charge in [0.2, 0.25) is 5.91 Å². The van der Waals surface area contributed by atoms with Gasteiger partial charge in [-0.3, -0.25) is 9.59 Å². The number of aryl methyl sites for hydroxylation is 1. The van der Waals surface area contributed by atoms with Crippen molar-refractivity contribution in [2.45, 2.75) is 39.2 Å². The molecule has 1 N–H and O–H groups in total. The third-order valence-corrected chi connectivity index (χ3v) is 4.70. The fourth-order valence-electron chi connectivity index (χ4n) is 3.46. The zero-order valence-corrected chi connectivity index (χ0v) is 15.1. The van der Waals surface area contributed by atoms with Gasteiger partial charge in [-0.25, -0.2) is 4.68 Å². The van der Waals surface area contributed by atoms with Gasteiger partial charge in [0.25, 0.3) is 5.56 Å². The maximum atomic E-state index is 12.9. The number of carbonyl (C=O) groups excluding carboxylic acids is 1. The predicted octanol–water partition coefficient (Wildman–Crippen LogP) is 2.72. The largest absolute Gasteiger partial charge is 0.360 e. The van der Waals surface area contributed by atoms with Crippen molar-refractivity contribution in [3.8, 4) is 11.3 Å². The molecule has 138 valence electrons. The fraction of sp³-hybridized carbons (Fsp3) is 0.300. The maximum absolute atomic E-state index is 12.9. The van der Waals surface area contributed by atoms with Gasteiger partial charge in [0.05, 0.1) is 5.69 Å². The molecule has 7 heteroatoms. The van der Waals surface area contributed by atoms with Crippen LogP contribution < -0.4 is 10.9 Å². The molecule has 1 amide bonds. The Hall–Kier alpha value is -3.22. The van der Waals surface area contributed by atoms with E-state index in [2.05, 4.69) is 15.6 Å². The second-order valence-electron chi connectivity index (χ2n) is 6.71. The quantitative estimate of drug-likeness (QED) is 0.769. The van der Waals surface area contributed by atoms with Gasteiger partial charge in [-0.1, -0.05) is 35.5 Å². The first-order valence-corrected chi connectivity index (χ1v) is 9.03. The summed E-state index contributed by atoms with van der Waals surface area (Å²) in [6.07, 6.45) is 3.59. The highest BCUT2D eigenvalue weighted by molar-refractivity contribution is 5.89. The van der Waals surface area contributed by atoms with E-state index < -0.39 is 0 Å². The Morgan fingerprint density at radius 1 is 1.19 bits per heavy atom. The standard InChI is InChI=1S/C20H20N4O3/c1-13-11-17(23-27-13)21-18(25)12-24-20(26)16-10-6-5-9-15(16)19(22-24)14-7-3-2-4-8-14/h2-4,7-8,11H,5-6,9-10,12H2,1H3,(H,21,23,25). The lowest BCUT2D eigenvalue weighted by molar-refractivity contribution is -0.117. The minimum atomic E-state index is -0.368. The van der Waals surface area contributed by atoms with E-state index in [1.165, 1.54) is 4.68 Å². The van der Waals surface area contributed by atoms with E-state index >= 15 is 0 Å². The first kappa shape index (κ1) is 17.2. The van der Waals surface area contributed by atoms with E-state index in [1.807, 2.05) is 30.3 Å². The minimum absolute atomic E-state index is 0.169.